The molecule has 6 heteroatoms. The first-order valence-corrected chi connectivity index (χ1v) is 7.57. The Labute approximate surface area is 116 Å². The van der Waals surface area contributed by atoms with Crippen LogP contribution < -0.4 is 5.73 Å². The molecule has 0 spiro atoms. The summed E-state index contributed by atoms with van der Waals surface area (Å²) in [7, 11) is 0. The van der Waals surface area contributed by atoms with Crippen LogP contribution in [0.4, 0.5) is 5.82 Å². The lowest BCUT2D eigenvalue weighted by atomic mass is 10.2. The number of nitrogen functional groups attached to an aromatic ring is 1. The maximum absolute atomic E-state index is 5.58. The van der Waals surface area contributed by atoms with Gasteiger partial charge in [-0.25, -0.2) is 4.98 Å². The number of pyridine rings is 1. The monoisotopic (exact) mass is 275 g/mol. The highest BCUT2D eigenvalue weighted by Gasteiger charge is 2.14. The van der Waals surface area contributed by atoms with Gasteiger partial charge in [-0.2, -0.15) is 0 Å². The van der Waals surface area contributed by atoms with Crippen molar-refractivity contribution in [2.45, 2.75) is 43.1 Å². The minimum atomic E-state index is 0.560. The highest BCUT2D eigenvalue weighted by atomic mass is 32.2. The maximum atomic E-state index is 5.58. The number of nitrogens with zero attached hydrogens (tertiary/aromatic N) is 4. The van der Waals surface area contributed by atoms with Crippen molar-refractivity contribution in [1.82, 2.24) is 19.7 Å². The molecule has 19 heavy (non-hydrogen) atoms. The first-order valence-electron chi connectivity index (χ1n) is 6.58. The van der Waals surface area contributed by atoms with Crippen LogP contribution >= 0.6 is 11.8 Å². The molecular formula is C13H17N5S. The van der Waals surface area contributed by atoms with E-state index >= 15 is 0 Å². The van der Waals surface area contributed by atoms with E-state index in [1.165, 1.54) is 19.3 Å². The molecule has 3 heterocycles. The molecular weight excluding hydrogens is 258 g/mol. The number of rotatable bonds is 3. The lowest BCUT2D eigenvalue weighted by Gasteiger charge is -2.06. The molecule has 5 nitrogen and oxygen atoms in total. The van der Waals surface area contributed by atoms with Gasteiger partial charge in [-0.15, -0.1) is 10.2 Å². The number of hydrogen-bond donors (Lipinski definition) is 1. The van der Waals surface area contributed by atoms with Crippen molar-refractivity contribution < 1.29 is 0 Å². The van der Waals surface area contributed by atoms with Gasteiger partial charge in [-0.1, -0.05) is 24.2 Å². The molecule has 0 bridgehead atoms. The topological polar surface area (TPSA) is 69.6 Å². The van der Waals surface area contributed by atoms with E-state index in [0.29, 0.717) is 5.82 Å². The average Bonchev–Trinajstić information content (AvgIpc) is 2.66. The second kappa shape index (κ2) is 5.61. The van der Waals surface area contributed by atoms with Crippen LogP contribution in [0.25, 0.3) is 0 Å². The van der Waals surface area contributed by atoms with Crippen LogP contribution in [0.3, 0.4) is 0 Å². The minimum Gasteiger partial charge on any atom is -0.384 e. The van der Waals surface area contributed by atoms with Crippen LogP contribution in [-0.4, -0.2) is 19.7 Å². The number of anilines is 1. The van der Waals surface area contributed by atoms with Crippen molar-refractivity contribution in [1.29, 1.82) is 0 Å². The minimum absolute atomic E-state index is 0.560. The number of hydrogen-bond acceptors (Lipinski definition) is 5. The van der Waals surface area contributed by atoms with E-state index in [2.05, 4.69) is 19.7 Å². The Morgan fingerprint density at radius 2 is 2.16 bits per heavy atom. The summed E-state index contributed by atoms with van der Waals surface area (Å²) in [5, 5.41) is 9.62. The zero-order chi connectivity index (χ0) is 13.1. The molecule has 3 rings (SSSR count). The molecule has 0 atom stereocenters. The third kappa shape index (κ3) is 2.89. The molecule has 2 aromatic heterocycles. The first-order chi connectivity index (χ1) is 9.33. The van der Waals surface area contributed by atoms with Crippen molar-refractivity contribution in [2.75, 3.05) is 5.73 Å². The molecule has 0 aliphatic carbocycles. The second-order valence-electron chi connectivity index (χ2n) is 4.74. The van der Waals surface area contributed by atoms with Crippen LogP contribution in [0.1, 0.15) is 30.7 Å². The third-order valence-electron chi connectivity index (χ3n) is 3.29. The summed E-state index contributed by atoms with van der Waals surface area (Å²) in [6.07, 6.45) is 6.61. The Hall–Kier alpha value is -1.56. The van der Waals surface area contributed by atoms with E-state index in [0.717, 1.165) is 35.3 Å². The Morgan fingerprint density at radius 1 is 1.21 bits per heavy atom. The Kier molecular flexibility index (Phi) is 3.68. The summed E-state index contributed by atoms with van der Waals surface area (Å²) < 4.78 is 2.27. The van der Waals surface area contributed by atoms with Gasteiger partial charge in [-0.3, -0.25) is 0 Å². The van der Waals surface area contributed by atoms with E-state index < -0.39 is 0 Å². The quantitative estimate of drug-likeness (QED) is 0.870. The van der Waals surface area contributed by atoms with Crippen molar-refractivity contribution in [3.05, 3.63) is 29.7 Å². The SMILES string of the molecule is Nc1ccc(CSc2nnc3n2CCCCC3)cn1. The highest BCUT2D eigenvalue weighted by Crippen LogP contribution is 2.24. The van der Waals surface area contributed by atoms with Gasteiger partial charge < -0.3 is 10.3 Å². The summed E-state index contributed by atoms with van der Waals surface area (Å²) in [4.78, 5) is 4.10. The van der Waals surface area contributed by atoms with Crippen LogP contribution in [0, 0.1) is 0 Å². The first kappa shape index (κ1) is 12.5. The highest BCUT2D eigenvalue weighted by molar-refractivity contribution is 7.98. The Bertz CT molecular complexity index is 549. The molecule has 0 aromatic carbocycles. The smallest absolute Gasteiger partial charge is 0.191 e. The molecule has 0 radical (unpaired) electrons. The largest absolute Gasteiger partial charge is 0.384 e. The van der Waals surface area contributed by atoms with Gasteiger partial charge in [0.15, 0.2) is 5.16 Å². The van der Waals surface area contributed by atoms with Gasteiger partial charge in [0.05, 0.1) is 0 Å². The summed E-state index contributed by atoms with van der Waals surface area (Å²) in [5.74, 6) is 2.55. The molecule has 2 N–H and O–H groups in total. The van der Waals surface area contributed by atoms with E-state index in [1.54, 1.807) is 11.8 Å². The van der Waals surface area contributed by atoms with E-state index in [9.17, 15) is 0 Å². The van der Waals surface area contributed by atoms with Crippen LogP contribution in [0.15, 0.2) is 23.5 Å². The molecule has 1 aliphatic heterocycles. The number of aryl methyl sites for hydroxylation is 1. The molecule has 0 fully saturated rings. The van der Waals surface area contributed by atoms with Crippen molar-refractivity contribution in [3.8, 4) is 0 Å². The summed E-state index contributed by atoms with van der Waals surface area (Å²) >= 11 is 1.72. The Balaban J connectivity index is 1.70. The molecule has 100 valence electrons. The van der Waals surface area contributed by atoms with Crippen molar-refractivity contribution in [2.24, 2.45) is 0 Å². The fourth-order valence-electron chi connectivity index (χ4n) is 2.23. The lowest BCUT2D eigenvalue weighted by molar-refractivity contribution is 0.591. The van der Waals surface area contributed by atoms with Crippen LogP contribution in [0.5, 0.6) is 0 Å². The predicted molar refractivity (Wildman–Crippen MR) is 75.8 cm³/mol. The van der Waals surface area contributed by atoms with Crippen LogP contribution in [-0.2, 0) is 18.7 Å². The zero-order valence-electron chi connectivity index (χ0n) is 10.7. The third-order valence-corrected chi connectivity index (χ3v) is 4.33. The fourth-order valence-corrected chi connectivity index (χ4v) is 3.15. The molecule has 0 unspecified atom stereocenters. The molecule has 0 saturated heterocycles. The molecule has 1 aliphatic rings. The normalized spacial score (nSPS) is 14.9. The fraction of sp³-hybridized carbons (Fsp3) is 0.462. The molecule has 2 aromatic rings. The number of aromatic nitrogens is 4. The van der Waals surface area contributed by atoms with Gasteiger partial charge in [0.25, 0.3) is 0 Å². The van der Waals surface area contributed by atoms with E-state index in [4.69, 9.17) is 5.73 Å². The predicted octanol–water partition coefficient (Wildman–Crippen LogP) is 2.27. The number of nitrogens with two attached hydrogens (primary N) is 1. The molecule has 0 saturated carbocycles. The summed E-state index contributed by atoms with van der Waals surface area (Å²) in [6.45, 7) is 1.05. The zero-order valence-corrected chi connectivity index (χ0v) is 11.6. The lowest BCUT2D eigenvalue weighted by Crippen LogP contribution is -2.02. The van der Waals surface area contributed by atoms with Gasteiger partial charge in [0.1, 0.15) is 11.6 Å². The van der Waals surface area contributed by atoms with E-state index in [-0.39, 0.29) is 0 Å². The van der Waals surface area contributed by atoms with Gasteiger partial charge in [-0.05, 0) is 24.5 Å². The van der Waals surface area contributed by atoms with Crippen molar-refractivity contribution in [3.63, 3.8) is 0 Å². The van der Waals surface area contributed by atoms with Gasteiger partial charge in [0, 0.05) is 24.9 Å². The van der Waals surface area contributed by atoms with E-state index in [1.807, 2.05) is 18.3 Å². The maximum Gasteiger partial charge on any atom is 0.191 e. The number of fused-ring (bicyclic) bond motifs is 1. The second-order valence-corrected chi connectivity index (χ2v) is 5.68. The van der Waals surface area contributed by atoms with Crippen LogP contribution in [0.2, 0.25) is 0 Å². The average molecular weight is 275 g/mol. The standard InChI is InChI=1S/C13H17N5S/c14-11-6-5-10(8-15-11)9-19-13-17-16-12-4-2-1-3-7-18(12)13/h5-6,8H,1-4,7,9H2,(H2,14,15). The summed E-state index contributed by atoms with van der Waals surface area (Å²) in [6, 6.07) is 3.84. The number of thioether (sulfide) groups is 1. The van der Waals surface area contributed by atoms with Gasteiger partial charge >= 0.3 is 0 Å². The summed E-state index contributed by atoms with van der Waals surface area (Å²) in [5.41, 5.74) is 6.74. The van der Waals surface area contributed by atoms with Gasteiger partial charge in [0.2, 0.25) is 0 Å². The van der Waals surface area contributed by atoms with Crippen molar-refractivity contribution >= 4 is 17.6 Å². The Morgan fingerprint density at radius 3 is 3.00 bits per heavy atom. The molecule has 0 amide bonds.